The third kappa shape index (κ3) is 4.48. The topological polar surface area (TPSA) is 67.4 Å². The Kier molecular flexibility index (Phi) is 4.83. The van der Waals surface area contributed by atoms with Gasteiger partial charge in [-0.1, -0.05) is 19.9 Å². The Labute approximate surface area is 125 Å². The van der Waals surface area contributed by atoms with Crippen molar-refractivity contribution in [1.29, 1.82) is 0 Å². The summed E-state index contributed by atoms with van der Waals surface area (Å²) in [6.45, 7) is 6.18. The largest absolute Gasteiger partial charge is 0.484 e. The number of amides is 2. The maximum absolute atomic E-state index is 11.6. The number of carbonyl (C=O) groups is 2. The highest BCUT2D eigenvalue weighted by atomic mass is 16.5. The van der Waals surface area contributed by atoms with E-state index >= 15 is 0 Å². The van der Waals surface area contributed by atoms with Crippen molar-refractivity contribution in [3.63, 3.8) is 0 Å². The highest BCUT2D eigenvalue weighted by Crippen LogP contribution is 2.28. The van der Waals surface area contributed by atoms with Gasteiger partial charge in [0.05, 0.1) is 0 Å². The molecule has 5 nitrogen and oxygen atoms in total. The second-order valence-corrected chi connectivity index (χ2v) is 5.77. The molecule has 2 rings (SSSR count). The van der Waals surface area contributed by atoms with Crippen molar-refractivity contribution in [3.05, 3.63) is 29.3 Å². The number of benzene rings is 1. The molecule has 1 fully saturated rings. The minimum absolute atomic E-state index is 0.0671. The third-order valence-electron chi connectivity index (χ3n) is 3.51. The van der Waals surface area contributed by atoms with E-state index in [0.29, 0.717) is 11.7 Å². The first-order valence-corrected chi connectivity index (χ1v) is 7.29. The Morgan fingerprint density at radius 1 is 1.29 bits per heavy atom. The van der Waals surface area contributed by atoms with Gasteiger partial charge in [0.1, 0.15) is 5.75 Å². The Morgan fingerprint density at radius 3 is 2.57 bits per heavy atom. The number of carbonyl (C=O) groups excluding carboxylic acids is 2. The molecule has 0 aliphatic heterocycles. The molecule has 0 bridgehead atoms. The standard InChI is InChI=1S/C16H22N2O3/c1-10(2)14-7-6-13(8-11(14)3)21-9-15(19)17-18-16(20)12-4-5-12/h6-8,10,12H,4-5,9H2,1-3H3,(H,17,19)(H,18,20). The Bertz CT molecular complexity index is 536. The summed E-state index contributed by atoms with van der Waals surface area (Å²) in [5.41, 5.74) is 7.16. The zero-order valence-electron chi connectivity index (χ0n) is 12.7. The van der Waals surface area contributed by atoms with E-state index in [2.05, 4.69) is 24.7 Å². The van der Waals surface area contributed by atoms with Crippen molar-refractivity contribution in [3.8, 4) is 5.75 Å². The molecule has 0 heterocycles. The molecular weight excluding hydrogens is 268 g/mol. The fourth-order valence-corrected chi connectivity index (χ4v) is 2.15. The minimum atomic E-state index is -0.366. The molecule has 0 aromatic heterocycles. The summed E-state index contributed by atoms with van der Waals surface area (Å²) in [5, 5.41) is 0. The predicted molar refractivity (Wildman–Crippen MR) is 79.8 cm³/mol. The zero-order valence-corrected chi connectivity index (χ0v) is 12.7. The lowest BCUT2D eigenvalue weighted by Crippen LogP contribution is -2.44. The molecular formula is C16H22N2O3. The van der Waals surface area contributed by atoms with Gasteiger partial charge in [-0.2, -0.15) is 0 Å². The molecule has 0 unspecified atom stereocenters. The van der Waals surface area contributed by atoms with E-state index in [4.69, 9.17) is 4.74 Å². The van der Waals surface area contributed by atoms with Crippen molar-refractivity contribution in [2.24, 2.45) is 5.92 Å². The van der Waals surface area contributed by atoms with Gasteiger partial charge in [-0.05, 0) is 48.9 Å². The molecule has 2 amide bonds. The summed E-state index contributed by atoms with van der Waals surface area (Å²) in [6.07, 6.45) is 1.80. The smallest absolute Gasteiger partial charge is 0.276 e. The van der Waals surface area contributed by atoms with E-state index in [1.807, 2.05) is 25.1 Å². The van der Waals surface area contributed by atoms with Crippen LogP contribution in [-0.4, -0.2) is 18.4 Å². The van der Waals surface area contributed by atoms with Crippen molar-refractivity contribution < 1.29 is 14.3 Å². The molecule has 21 heavy (non-hydrogen) atoms. The van der Waals surface area contributed by atoms with Crippen LogP contribution in [0.5, 0.6) is 5.75 Å². The SMILES string of the molecule is Cc1cc(OCC(=O)NNC(=O)C2CC2)ccc1C(C)C. The first-order valence-electron chi connectivity index (χ1n) is 7.29. The first-order chi connectivity index (χ1) is 9.97. The maximum Gasteiger partial charge on any atom is 0.276 e. The van der Waals surface area contributed by atoms with Crippen molar-refractivity contribution in [2.45, 2.75) is 39.5 Å². The van der Waals surface area contributed by atoms with Crippen LogP contribution >= 0.6 is 0 Å². The summed E-state index contributed by atoms with van der Waals surface area (Å²) in [7, 11) is 0. The molecule has 114 valence electrons. The summed E-state index contributed by atoms with van der Waals surface area (Å²) in [6, 6.07) is 5.80. The molecule has 1 aromatic rings. The molecule has 1 saturated carbocycles. The fraction of sp³-hybridized carbons (Fsp3) is 0.500. The van der Waals surface area contributed by atoms with Crippen LogP contribution in [0.4, 0.5) is 0 Å². The molecule has 1 aliphatic rings. The molecule has 0 spiro atoms. The quantitative estimate of drug-likeness (QED) is 0.816. The van der Waals surface area contributed by atoms with E-state index in [-0.39, 0.29) is 24.3 Å². The second kappa shape index (κ2) is 6.61. The van der Waals surface area contributed by atoms with Gasteiger partial charge in [-0.25, -0.2) is 0 Å². The number of rotatable bonds is 5. The molecule has 1 aromatic carbocycles. The average molecular weight is 290 g/mol. The first kappa shape index (κ1) is 15.4. The van der Waals surface area contributed by atoms with E-state index in [0.717, 1.165) is 18.4 Å². The highest BCUT2D eigenvalue weighted by molar-refractivity contribution is 5.85. The van der Waals surface area contributed by atoms with Crippen molar-refractivity contribution in [2.75, 3.05) is 6.61 Å². The van der Waals surface area contributed by atoms with Crippen LogP contribution < -0.4 is 15.6 Å². The monoisotopic (exact) mass is 290 g/mol. The van der Waals surface area contributed by atoms with E-state index in [1.165, 1.54) is 5.56 Å². The van der Waals surface area contributed by atoms with Gasteiger partial charge >= 0.3 is 0 Å². The predicted octanol–water partition coefficient (Wildman–Crippen LogP) is 2.05. The lowest BCUT2D eigenvalue weighted by molar-refractivity contribution is -0.130. The fourth-order valence-electron chi connectivity index (χ4n) is 2.15. The van der Waals surface area contributed by atoms with Crippen molar-refractivity contribution >= 4 is 11.8 Å². The minimum Gasteiger partial charge on any atom is -0.484 e. The number of hydrazine groups is 1. The zero-order chi connectivity index (χ0) is 15.4. The van der Waals surface area contributed by atoms with Crippen LogP contribution in [-0.2, 0) is 9.59 Å². The van der Waals surface area contributed by atoms with Crippen LogP contribution in [0.3, 0.4) is 0 Å². The molecule has 2 N–H and O–H groups in total. The number of ether oxygens (including phenoxy) is 1. The number of aryl methyl sites for hydroxylation is 1. The van der Waals surface area contributed by atoms with E-state index < -0.39 is 0 Å². The second-order valence-electron chi connectivity index (χ2n) is 5.77. The van der Waals surface area contributed by atoms with E-state index in [1.54, 1.807) is 0 Å². The molecule has 1 aliphatic carbocycles. The Morgan fingerprint density at radius 2 is 2.00 bits per heavy atom. The third-order valence-corrected chi connectivity index (χ3v) is 3.51. The van der Waals surface area contributed by atoms with Gasteiger partial charge in [0.25, 0.3) is 5.91 Å². The summed E-state index contributed by atoms with van der Waals surface area (Å²) in [5.74, 6) is 0.688. The van der Waals surface area contributed by atoms with Gasteiger partial charge in [0.2, 0.25) is 5.91 Å². The lowest BCUT2D eigenvalue weighted by atomic mass is 9.98. The average Bonchev–Trinajstić information content (AvgIpc) is 3.26. The number of hydrogen-bond donors (Lipinski definition) is 2. The van der Waals surface area contributed by atoms with Crippen LogP contribution in [0.25, 0.3) is 0 Å². The van der Waals surface area contributed by atoms with E-state index in [9.17, 15) is 9.59 Å². The van der Waals surface area contributed by atoms with Crippen LogP contribution in [0.15, 0.2) is 18.2 Å². The summed E-state index contributed by atoms with van der Waals surface area (Å²) in [4.78, 5) is 22.9. The molecule has 0 atom stereocenters. The lowest BCUT2D eigenvalue weighted by Gasteiger charge is -2.12. The molecule has 5 heteroatoms. The van der Waals surface area contributed by atoms with Gasteiger partial charge in [0, 0.05) is 5.92 Å². The maximum atomic E-state index is 11.6. The van der Waals surface area contributed by atoms with Crippen LogP contribution in [0, 0.1) is 12.8 Å². The summed E-state index contributed by atoms with van der Waals surface area (Å²) >= 11 is 0. The number of hydrogen-bond acceptors (Lipinski definition) is 3. The molecule has 0 saturated heterocycles. The Balaban J connectivity index is 1.78. The van der Waals surface area contributed by atoms with Gasteiger partial charge in [-0.3, -0.25) is 20.4 Å². The highest BCUT2D eigenvalue weighted by Gasteiger charge is 2.29. The van der Waals surface area contributed by atoms with Crippen molar-refractivity contribution in [1.82, 2.24) is 10.9 Å². The van der Waals surface area contributed by atoms with Gasteiger partial charge < -0.3 is 4.74 Å². The molecule has 0 radical (unpaired) electrons. The van der Waals surface area contributed by atoms with Gasteiger partial charge in [-0.15, -0.1) is 0 Å². The summed E-state index contributed by atoms with van der Waals surface area (Å²) < 4.78 is 5.43. The Hall–Kier alpha value is -2.04. The van der Waals surface area contributed by atoms with Crippen LogP contribution in [0.1, 0.15) is 43.7 Å². The number of nitrogens with one attached hydrogen (secondary N) is 2. The van der Waals surface area contributed by atoms with Crippen LogP contribution in [0.2, 0.25) is 0 Å². The normalized spacial score (nSPS) is 13.9. The van der Waals surface area contributed by atoms with Gasteiger partial charge in [0.15, 0.2) is 6.61 Å².